The highest BCUT2D eigenvalue weighted by Crippen LogP contribution is 2.37. The van der Waals surface area contributed by atoms with Gasteiger partial charge in [-0.3, -0.25) is 0 Å². The molecule has 3 N–H and O–H groups in total. The Hall–Kier alpha value is -2.49. The molecule has 39 heavy (non-hydrogen) atoms. The van der Waals surface area contributed by atoms with E-state index in [-0.39, 0.29) is 0 Å². The summed E-state index contributed by atoms with van der Waals surface area (Å²) < 4.78 is 65.9. The predicted molar refractivity (Wildman–Crippen MR) is 146 cm³/mol. The SMILES string of the molecule is COc1ccc(CNCc2ccsc2)cc1-c1ccc(S(=O)(=O)NCCN2CCCC2)s1.O=C(O)C(F)(F)F. The van der Waals surface area contributed by atoms with Crippen LogP contribution >= 0.6 is 22.7 Å². The second-order valence-electron chi connectivity index (χ2n) is 8.64. The molecule has 0 spiro atoms. The van der Waals surface area contributed by atoms with Crippen LogP contribution in [0.15, 0.2) is 51.4 Å². The Morgan fingerprint density at radius 3 is 2.41 bits per heavy atom. The highest BCUT2D eigenvalue weighted by molar-refractivity contribution is 7.91. The Bertz CT molecular complexity index is 1310. The summed E-state index contributed by atoms with van der Waals surface area (Å²) in [7, 11) is -1.88. The molecule has 1 aliphatic rings. The van der Waals surface area contributed by atoms with Gasteiger partial charge in [0.2, 0.25) is 10.0 Å². The number of carboxylic acids is 1. The average molecular weight is 606 g/mol. The highest BCUT2D eigenvalue weighted by Gasteiger charge is 2.38. The van der Waals surface area contributed by atoms with E-state index >= 15 is 0 Å². The van der Waals surface area contributed by atoms with Crippen LogP contribution in [0.25, 0.3) is 10.4 Å². The minimum atomic E-state index is -5.08. The van der Waals surface area contributed by atoms with Crippen LogP contribution < -0.4 is 14.8 Å². The van der Waals surface area contributed by atoms with Gasteiger partial charge >= 0.3 is 12.1 Å². The number of sulfonamides is 1. The molecule has 2 aromatic heterocycles. The normalized spacial score (nSPS) is 14.2. The summed E-state index contributed by atoms with van der Waals surface area (Å²) in [5.74, 6) is -2.02. The lowest BCUT2D eigenvalue weighted by Crippen LogP contribution is -2.33. The molecule has 1 aliphatic heterocycles. The summed E-state index contributed by atoms with van der Waals surface area (Å²) in [6, 6.07) is 11.7. The number of halogens is 3. The fraction of sp³-hybridized carbons (Fsp3) is 0.400. The van der Waals surface area contributed by atoms with E-state index in [0.29, 0.717) is 10.8 Å². The zero-order valence-electron chi connectivity index (χ0n) is 21.2. The molecule has 0 atom stereocenters. The monoisotopic (exact) mass is 605 g/mol. The third-order valence-corrected chi connectivity index (χ3v) is 9.58. The third-order valence-electron chi connectivity index (χ3n) is 5.78. The van der Waals surface area contributed by atoms with Gasteiger partial charge in [-0.25, -0.2) is 17.9 Å². The maximum Gasteiger partial charge on any atom is 0.490 e. The second-order valence-corrected chi connectivity index (χ2v) is 12.5. The maximum absolute atomic E-state index is 12.8. The molecule has 0 bridgehead atoms. The van der Waals surface area contributed by atoms with E-state index in [1.165, 1.54) is 29.7 Å². The summed E-state index contributed by atoms with van der Waals surface area (Å²) in [6.07, 6.45) is -2.68. The average Bonchev–Trinajstić information content (AvgIpc) is 3.67. The molecular weight excluding hydrogens is 575 g/mol. The molecule has 0 saturated carbocycles. The molecule has 4 rings (SSSR count). The minimum Gasteiger partial charge on any atom is -0.496 e. The van der Waals surface area contributed by atoms with Crippen molar-refractivity contribution in [1.29, 1.82) is 0 Å². The van der Waals surface area contributed by atoms with Crippen molar-refractivity contribution in [2.45, 2.75) is 36.3 Å². The zero-order valence-corrected chi connectivity index (χ0v) is 23.6. The fourth-order valence-electron chi connectivity index (χ4n) is 3.83. The van der Waals surface area contributed by atoms with Gasteiger partial charge in [0, 0.05) is 36.6 Å². The lowest BCUT2D eigenvalue weighted by atomic mass is 10.1. The Balaban J connectivity index is 0.000000532. The Labute approximate surface area is 233 Å². The third kappa shape index (κ3) is 9.58. The number of rotatable bonds is 11. The van der Waals surface area contributed by atoms with Gasteiger partial charge < -0.3 is 20.1 Å². The number of ether oxygens (including phenoxy) is 1. The van der Waals surface area contributed by atoms with E-state index < -0.39 is 22.2 Å². The Morgan fingerprint density at radius 2 is 1.79 bits per heavy atom. The first kappa shape index (κ1) is 31.0. The Morgan fingerprint density at radius 1 is 1.10 bits per heavy atom. The van der Waals surface area contributed by atoms with Gasteiger partial charge in [-0.05, 0) is 78.2 Å². The van der Waals surface area contributed by atoms with Gasteiger partial charge in [-0.2, -0.15) is 24.5 Å². The van der Waals surface area contributed by atoms with E-state index in [0.717, 1.165) is 54.5 Å². The number of methoxy groups -OCH3 is 1. The topological polar surface area (TPSA) is 108 Å². The maximum atomic E-state index is 12.8. The van der Waals surface area contributed by atoms with Crippen LogP contribution in [0.3, 0.4) is 0 Å². The molecule has 214 valence electrons. The first-order valence-electron chi connectivity index (χ1n) is 12.0. The smallest absolute Gasteiger partial charge is 0.490 e. The lowest BCUT2D eigenvalue weighted by molar-refractivity contribution is -0.192. The van der Waals surface area contributed by atoms with Crippen LogP contribution in [0.1, 0.15) is 24.0 Å². The number of alkyl halides is 3. The zero-order chi connectivity index (χ0) is 28.5. The van der Waals surface area contributed by atoms with E-state index in [1.54, 1.807) is 24.5 Å². The largest absolute Gasteiger partial charge is 0.496 e. The number of carboxylic acid groups (broad SMARTS) is 1. The number of likely N-dealkylation sites (tertiary alicyclic amines) is 1. The van der Waals surface area contributed by atoms with Gasteiger partial charge in [-0.15, -0.1) is 11.3 Å². The number of hydrogen-bond donors (Lipinski definition) is 3. The van der Waals surface area contributed by atoms with Gasteiger partial charge in [0.05, 0.1) is 7.11 Å². The van der Waals surface area contributed by atoms with Crippen molar-refractivity contribution in [2.24, 2.45) is 0 Å². The number of hydrogen-bond acceptors (Lipinski definition) is 8. The van der Waals surface area contributed by atoms with E-state index in [1.807, 2.05) is 18.2 Å². The highest BCUT2D eigenvalue weighted by atomic mass is 32.2. The minimum absolute atomic E-state index is 0.331. The molecule has 1 fully saturated rings. The first-order valence-corrected chi connectivity index (χ1v) is 15.2. The van der Waals surface area contributed by atoms with Crippen LogP contribution in [-0.2, 0) is 27.9 Å². The van der Waals surface area contributed by atoms with Crippen LogP contribution in [0.5, 0.6) is 5.75 Å². The van der Waals surface area contributed by atoms with Crippen molar-refractivity contribution in [3.05, 3.63) is 58.3 Å². The van der Waals surface area contributed by atoms with E-state index in [4.69, 9.17) is 14.6 Å². The van der Waals surface area contributed by atoms with Crippen LogP contribution in [0.4, 0.5) is 13.2 Å². The molecule has 14 heteroatoms. The van der Waals surface area contributed by atoms with Crippen molar-refractivity contribution in [3.63, 3.8) is 0 Å². The summed E-state index contributed by atoms with van der Waals surface area (Å²) in [5.41, 5.74) is 3.30. The molecule has 1 aromatic carbocycles. The van der Waals surface area contributed by atoms with Crippen molar-refractivity contribution < 1.29 is 36.2 Å². The second kappa shape index (κ2) is 14.2. The molecule has 8 nitrogen and oxygen atoms in total. The van der Waals surface area contributed by atoms with Gasteiger partial charge in [-0.1, -0.05) is 6.07 Å². The van der Waals surface area contributed by atoms with Crippen molar-refractivity contribution in [2.75, 3.05) is 33.3 Å². The molecular formula is C25H30F3N3O5S3. The van der Waals surface area contributed by atoms with E-state index in [9.17, 15) is 21.6 Å². The molecule has 0 aliphatic carbocycles. The number of aliphatic carboxylic acids is 1. The molecule has 0 unspecified atom stereocenters. The van der Waals surface area contributed by atoms with Gasteiger partial charge in [0.25, 0.3) is 0 Å². The Kier molecular flexibility index (Phi) is 11.3. The molecule has 1 saturated heterocycles. The predicted octanol–water partition coefficient (Wildman–Crippen LogP) is 4.78. The number of benzene rings is 1. The molecule has 0 amide bonds. The van der Waals surface area contributed by atoms with Crippen molar-refractivity contribution in [1.82, 2.24) is 14.9 Å². The number of nitrogens with zero attached hydrogens (tertiary/aromatic N) is 1. The number of thiophene rings is 2. The summed E-state index contributed by atoms with van der Waals surface area (Å²) >= 11 is 2.97. The van der Waals surface area contributed by atoms with Crippen LogP contribution in [-0.4, -0.2) is 63.9 Å². The summed E-state index contributed by atoms with van der Waals surface area (Å²) in [5, 5.41) is 14.8. The fourth-order valence-corrected chi connectivity index (χ4v) is 6.89. The van der Waals surface area contributed by atoms with Gasteiger partial charge in [0.15, 0.2) is 0 Å². The summed E-state index contributed by atoms with van der Waals surface area (Å²) in [4.78, 5) is 12.1. The van der Waals surface area contributed by atoms with Crippen LogP contribution in [0, 0.1) is 0 Å². The molecule has 0 radical (unpaired) electrons. The quantitative estimate of drug-likeness (QED) is 0.289. The van der Waals surface area contributed by atoms with Crippen LogP contribution in [0.2, 0.25) is 0 Å². The van der Waals surface area contributed by atoms with Crippen molar-refractivity contribution in [3.8, 4) is 16.2 Å². The molecule has 3 aromatic rings. The molecule has 3 heterocycles. The van der Waals surface area contributed by atoms with Gasteiger partial charge in [0.1, 0.15) is 9.96 Å². The lowest BCUT2D eigenvalue weighted by Gasteiger charge is -2.14. The van der Waals surface area contributed by atoms with E-state index in [2.05, 4.69) is 37.8 Å². The standard InChI is InChI=1S/C23H29N3O3S3.C2HF3O2/c1-29-21-5-4-18(15-24-16-19-8-13-30-17-19)14-20(21)22-6-7-23(31-22)32(27,28)25-9-12-26-10-2-3-11-26;3-2(4,5)1(6)7/h4-8,13-14,17,24-25H,2-3,9-12,15-16H2,1H3;(H,6,7). The first-order chi connectivity index (χ1) is 18.5. The number of carbonyl (C=O) groups is 1. The summed E-state index contributed by atoms with van der Waals surface area (Å²) in [6.45, 7) is 4.85. The van der Waals surface area contributed by atoms with Crippen molar-refractivity contribution >= 4 is 38.7 Å². The number of nitrogens with one attached hydrogen (secondary N) is 2.